The van der Waals surface area contributed by atoms with Crippen molar-refractivity contribution in [2.75, 3.05) is 12.4 Å². The lowest BCUT2D eigenvalue weighted by Gasteiger charge is -2.36. The molecule has 1 aliphatic rings. The fourth-order valence-corrected chi connectivity index (χ4v) is 4.56. The molecule has 0 fully saturated rings. The first-order chi connectivity index (χ1) is 17.4. The zero-order valence-electron chi connectivity index (χ0n) is 21.4. The second-order valence-corrected chi connectivity index (χ2v) is 9.39. The van der Waals surface area contributed by atoms with Crippen LogP contribution in [0.2, 0.25) is 0 Å². The quantitative estimate of drug-likeness (QED) is 0.447. The number of nitrogens with one attached hydrogen (secondary N) is 1. The first kappa shape index (κ1) is 25.3. The van der Waals surface area contributed by atoms with Gasteiger partial charge in [-0.15, -0.1) is 0 Å². The van der Waals surface area contributed by atoms with Gasteiger partial charge in [0, 0.05) is 24.2 Å². The maximum absolute atomic E-state index is 13.8. The minimum atomic E-state index is -0.640. The van der Waals surface area contributed by atoms with Gasteiger partial charge in [-0.3, -0.25) is 9.59 Å². The van der Waals surface area contributed by atoms with Crippen LogP contribution in [0.15, 0.2) is 66.7 Å². The highest BCUT2D eigenvalue weighted by atomic mass is 16.5. The SMILES string of the molecule is CCCc1ccc(NC(=O)[C@@H]2Cc3ccccc3CN2C(=O)c2ccc(OC)c(OC(C)C)c2)cc1. The van der Waals surface area contributed by atoms with Gasteiger partial charge in [0.05, 0.1) is 13.2 Å². The molecule has 36 heavy (non-hydrogen) atoms. The number of aryl methyl sites for hydroxylation is 1. The molecule has 1 aliphatic heterocycles. The average molecular weight is 487 g/mol. The Morgan fingerprint density at radius 1 is 1.00 bits per heavy atom. The molecule has 0 radical (unpaired) electrons. The van der Waals surface area contributed by atoms with E-state index in [-0.39, 0.29) is 17.9 Å². The summed E-state index contributed by atoms with van der Waals surface area (Å²) in [5.41, 5.74) is 4.54. The first-order valence-corrected chi connectivity index (χ1v) is 12.5. The summed E-state index contributed by atoms with van der Waals surface area (Å²) in [5, 5.41) is 3.03. The molecule has 1 heterocycles. The predicted molar refractivity (Wildman–Crippen MR) is 142 cm³/mol. The lowest BCUT2D eigenvalue weighted by molar-refractivity contribution is -0.121. The minimum absolute atomic E-state index is 0.0756. The Kier molecular flexibility index (Phi) is 7.93. The second kappa shape index (κ2) is 11.3. The number of nitrogens with zero attached hydrogens (tertiary/aromatic N) is 1. The van der Waals surface area contributed by atoms with Crippen LogP contribution in [0, 0.1) is 0 Å². The Bertz CT molecular complexity index is 1220. The molecule has 188 valence electrons. The topological polar surface area (TPSA) is 67.9 Å². The smallest absolute Gasteiger partial charge is 0.254 e. The number of rotatable bonds is 8. The summed E-state index contributed by atoms with van der Waals surface area (Å²) in [6.07, 6.45) is 2.45. The minimum Gasteiger partial charge on any atom is -0.493 e. The Morgan fingerprint density at radius 2 is 1.72 bits per heavy atom. The molecule has 2 amide bonds. The lowest BCUT2D eigenvalue weighted by Crippen LogP contribution is -2.50. The number of anilines is 1. The summed E-state index contributed by atoms with van der Waals surface area (Å²) in [4.78, 5) is 28.9. The van der Waals surface area contributed by atoms with E-state index in [0.717, 1.165) is 29.7 Å². The summed E-state index contributed by atoms with van der Waals surface area (Å²) < 4.78 is 11.3. The monoisotopic (exact) mass is 486 g/mol. The Balaban J connectivity index is 1.62. The van der Waals surface area contributed by atoms with Crippen LogP contribution in [-0.4, -0.2) is 36.0 Å². The molecule has 0 aromatic heterocycles. The zero-order chi connectivity index (χ0) is 25.7. The number of methoxy groups -OCH3 is 1. The highest BCUT2D eigenvalue weighted by molar-refractivity contribution is 6.02. The van der Waals surface area contributed by atoms with E-state index in [1.54, 1.807) is 30.2 Å². The molecule has 3 aromatic carbocycles. The highest BCUT2D eigenvalue weighted by Gasteiger charge is 2.35. The van der Waals surface area contributed by atoms with Crippen LogP contribution in [0.25, 0.3) is 0 Å². The van der Waals surface area contributed by atoms with Gasteiger partial charge in [-0.25, -0.2) is 0 Å². The van der Waals surface area contributed by atoms with Crippen LogP contribution in [0.4, 0.5) is 5.69 Å². The van der Waals surface area contributed by atoms with E-state index >= 15 is 0 Å². The first-order valence-electron chi connectivity index (χ1n) is 12.5. The van der Waals surface area contributed by atoms with Gasteiger partial charge in [-0.2, -0.15) is 0 Å². The third kappa shape index (κ3) is 5.70. The normalized spacial score (nSPS) is 14.8. The van der Waals surface area contributed by atoms with Crippen LogP contribution in [-0.2, 0) is 24.2 Å². The third-order valence-electron chi connectivity index (χ3n) is 6.35. The third-order valence-corrected chi connectivity index (χ3v) is 6.35. The van der Waals surface area contributed by atoms with E-state index in [4.69, 9.17) is 9.47 Å². The van der Waals surface area contributed by atoms with Crippen molar-refractivity contribution >= 4 is 17.5 Å². The van der Waals surface area contributed by atoms with Gasteiger partial charge in [0.25, 0.3) is 5.91 Å². The van der Waals surface area contributed by atoms with E-state index in [2.05, 4.69) is 12.2 Å². The number of hydrogen-bond acceptors (Lipinski definition) is 4. The van der Waals surface area contributed by atoms with E-state index in [1.807, 2.05) is 62.4 Å². The van der Waals surface area contributed by atoms with Gasteiger partial charge in [-0.05, 0) is 67.3 Å². The Labute approximate surface area is 213 Å². The average Bonchev–Trinajstić information content (AvgIpc) is 2.88. The Morgan fingerprint density at radius 3 is 2.39 bits per heavy atom. The summed E-state index contributed by atoms with van der Waals surface area (Å²) in [5.74, 6) is 0.640. The maximum Gasteiger partial charge on any atom is 0.254 e. The van der Waals surface area contributed by atoms with Crippen molar-refractivity contribution in [3.63, 3.8) is 0 Å². The van der Waals surface area contributed by atoms with Gasteiger partial charge in [-0.1, -0.05) is 49.7 Å². The van der Waals surface area contributed by atoms with Crippen molar-refractivity contribution in [2.45, 2.75) is 58.7 Å². The van der Waals surface area contributed by atoms with Crippen molar-refractivity contribution in [2.24, 2.45) is 0 Å². The molecule has 0 saturated carbocycles. The van der Waals surface area contributed by atoms with Crippen molar-refractivity contribution < 1.29 is 19.1 Å². The van der Waals surface area contributed by atoms with Crippen molar-refractivity contribution in [3.05, 3.63) is 89.0 Å². The number of fused-ring (bicyclic) bond motifs is 1. The van der Waals surface area contributed by atoms with E-state index < -0.39 is 6.04 Å². The van der Waals surface area contributed by atoms with Crippen LogP contribution < -0.4 is 14.8 Å². The lowest BCUT2D eigenvalue weighted by atomic mass is 9.92. The summed E-state index contributed by atoms with van der Waals surface area (Å²) in [6, 6.07) is 20.4. The van der Waals surface area contributed by atoms with Crippen LogP contribution in [0.5, 0.6) is 11.5 Å². The molecule has 0 unspecified atom stereocenters. The number of hydrogen-bond donors (Lipinski definition) is 1. The molecule has 1 N–H and O–H groups in total. The fraction of sp³-hybridized carbons (Fsp3) is 0.333. The predicted octanol–water partition coefficient (Wildman–Crippen LogP) is 5.64. The van der Waals surface area contributed by atoms with Gasteiger partial charge < -0.3 is 19.7 Å². The molecule has 0 spiro atoms. The van der Waals surface area contributed by atoms with Crippen molar-refractivity contribution in [1.82, 2.24) is 4.90 Å². The molecular weight excluding hydrogens is 452 g/mol. The molecule has 6 nitrogen and oxygen atoms in total. The maximum atomic E-state index is 13.8. The number of carbonyl (C=O) groups excluding carboxylic acids is 2. The number of benzene rings is 3. The summed E-state index contributed by atoms with van der Waals surface area (Å²) in [6.45, 7) is 6.34. The molecular formula is C30H34N2O4. The summed E-state index contributed by atoms with van der Waals surface area (Å²) >= 11 is 0. The molecule has 0 saturated heterocycles. The largest absolute Gasteiger partial charge is 0.493 e. The summed E-state index contributed by atoms with van der Waals surface area (Å²) in [7, 11) is 1.57. The Hall–Kier alpha value is -3.80. The molecule has 0 aliphatic carbocycles. The molecule has 1 atom stereocenters. The standard InChI is InChI=1S/C30H34N2O4/c1-5-8-21-11-14-25(15-12-21)31-29(33)26-17-22-9-6-7-10-24(22)19-32(26)30(34)23-13-16-27(35-4)28(18-23)36-20(2)3/h6-7,9-16,18,20,26H,5,8,17,19H2,1-4H3,(H,31,33)/t26-/m0/s1. The van der Waals surface area contributed by atoms with E-state index in [0.29, 0.717) is 30.0 Å². The highest BCUT2D eigenvalue weighted by Crippen LogP contribution is 2.31. The van der Waals surface area contributed by atoms with E-state index in [1.165, 1.54) is 5.56 Å². The molecule has 6 heteroatoms. The van der Waals surface area contributed by atoms with Crippen LogP contribution >= 0.6 is 0 Å². The second-order valence-electron chi connectivity index (χ2n) is 9.39. The van der Waals surface area contributed by atoms with Gasteiger partial charge in [0.1, 0.15) is 6.04 Å². The number of carbonyl (C=O) groups is 2. The van der Waals surface area contributed by atoms with Gasteiger partial charge in [0.2, 0.25) is 5.91 Å². The van der Waals surface area contributed by atoms with Crippen LogP contribution in [0.1, 0.15) is 54.2 Å². The van der Waals surface area contributed by atoms with Crippen LogP contribution in [0.3, 0.4) is 0 Å². The van der Waals surface area contributed by atoms with Gasteiger partial charge >= 0.3 is 0 Å². The fourth-order valence-electron chi connectivity index (χ4n) is 4.56. The number of ether oxygens (including phenoxy) is 2. The van der Waals surface area contributed by atoms with E-state index in [9.17, 15) is 9.59 Å². The molecule has 0 bridgehead atoms. The van der Waals surface area contributed by atoms with Crippen molar-refractivity contribution in [1.29, 1.82) is 0 Å². The molecule has 4 rings (SSSR count). The molecule has 3 aromatic rings. The van der Waals surface area contributed by atoms with Gasteiger partial charge in [0.15, 0.2) is 11.5 Å². The zero-order valence-corrected chi connectivity index (χ0v) is 21.4. The number of amides is 2. The van der Waals surface area contributed by atoms with Crippen molar-refractivity contribution in [3.8, 4) is 11.5 Å².